The van der Waals surface area contributed by atoms with Gasteiger partial charge in [-0.15, -0.1) is 0 Å². The van der Waals surface area contributed by atoms with Gasteiger partial charge in [0, 0.05) is 18.8 Å². The van der Waals surface area contributed by atoms with E-state index in [0.717, 1.165) is 32.7 Å². The highest BCUT2D eigenvalue weighted by molar-refractivity contribution is 5.52. The van der Waals surface area contributed by atoms with Gasteiger partial charge >= 0.3 is 0 Å². The van der Waals surface area contributed by atoms with Gasteiger partial charge in [-0.1, -0.05) is 37.3 Å². The first kappa shape index (κ1) is 11.2. The summed E-state index contributed by atoms with van der Waals surface area (Å²) in [4.78, 5) is 2.43. The number of ether oxygens (including phenoxy) is 1. The lowest BCUT2D eigenvalue weighted by Gasteiger charge is -2.30. The van der Waals surface area contributed by atoms with Crippen LogP contribution in [-0.2, 0) is 4.74 Å². The molecule has 2 nitrogen and oxygen atoms in total. The Bertz CT molecular complexity index is 339. The van der Waals surface area contributed by atoms with E-state index in [4.69, 9.17) is 4.74 Å². The van der Waals surface area contributed by atoms with Gasteiger partial charge in [0.2, 0.25) is 0 Å². The molecule has 1 saturated heterocycles. The quantitative estimate of drug-likeness (QED) is 0.772. The van der Waals surface area contributed by atoms with Crippen LogP contribution in [0.4, 0.5) is 0 Å². The monoisotopic (exact) mass is 217 g/mol. The number of hydrogen-bond acceptors (Lipinski definition) is 2. The minimum atomic E-state index is 0.853. The molecule has 0 saturated carbocycles. The van der Waals surface area contributed by atoms with Crippen LogP contribution in [0, 0.1) is 0 Å². The SMILES string of the molecule is CCC(=Cc1ccccc1)N1CCOCC1. The molecule has 1 aromatic carbocycles. The molecule has 86 valence electrons. The van der Waals surface area contributed by atoms with Gasteiger partial charge in [-0.05, 0) is 18.1 Å². The number of morpholine rings is 1. The van der Waals surface area contributed by atoms with Gasteiger partial charge in [0.15, 0.2) is 0 Å². The van der Waals surface area contributed by atoms with E-state index in [-0.39, 0.29) is 0 Å². The topological polar surface area (TPSA) is 12.5 Å². The van der Waals surface area contributed by atoms with Crippen LogP contribution in [0.1, 0.15) is 18.9 Å². The summed E-state index contributed by atoms with van der Waals surface area (Å²) in [5, 5.41) is 0. The third kappa shape index (κ3) is 2.86. The lowest BCUT2D eigenvalue weighted by atomic mass is 10.1. The molecule has 1 heterocycles. The van der Waals surface area contributed by atoms with Gasteiger partial charge in [-0.3, -0.25) is 0 Å². The van der Waals surface area contributed by atoms with Crippen LogP contribution in [0.25, 0.3) is 6.08 Å². The first-order valence-corrected chi connectivity index (χ1v) is 5.98. The van der Waals surface area contributed by atoms with Crippen molar-refractivity contribution in [2.75, 3.05) is 26.3 Å². The van der Waals surface area contributed by atoms with Crippen LogP contribution in [0.2, 0.25) is 0 Å². The number of nitrogens with zero attached hydrogens (tertiary/aromatic N) is 1. The molecule has 2 rings (SSSR count). The lowest BCUT2D eigenvalue weighted by Crippen LogP contribution is -2.35. The molecule has 0 amide bonds. The van der Waals surface area contributed by atoms with Crippen LogP contribution < -0.4 is 0 Å². The molecule has 1 fully saturated rings. The Morgan fingerprint density at radius 1 is 1.25 bits per heavy atom. The molecule has 1 aliphatic rings. The number of benzene rings is 1. The summed E-state index contributed by atoms with van der Waals surface area (Å²) in [5.74, 6) is 0. The van der Waals surface area contributed by atoms with E-state index < -0.39 is 0 Å². The highest BCUT2D eigenvalue weighted by atomic mass is 16.5. The summed E-state index contributed by atoms with van der Waals surface area (Å²) in [7, 11) is 0. The zero-order valence-electron chi connectivity index (χ0n) is 9.86. The Hall–Kier alpha value is -1.28. The van der Waals surface area contributed by atoms with E-state index in [2.05, 4.69) is 48.2 Å². The Labute approximate surface area is 97.5 Å². The molecule has 0 radical (unpaired) electrons. The second-order valence-corrected chi connectivity index (χ2v) is 4.00. The van der Waals surface area contributed by atoms with Gasteiger partial charge in [0.25, 0.3) is 0 Å². The van der Waals surface area contributed by atoms with Crippen molar-refractivity contribution >= 4 is 6.08 Å². The van der Waals surface area contributed by atoms with Gasteiger partial charge in [-0.2, -0.15) is 0 Å². The minimum absolute atomic E-state index is 0.853. The summed E-state index contributed by atoms with van der Waals surface area (Å²) < 4.78 is 5.38. The maximum atomic E-state index is 5.38. The molecular weight excluding hydrogens is 198 g/mol. The smallest absolute Gasteiger partial charge is 0.0642 e. The zero-order valence-corrected chi connectivity index (χ0v) is 9.86. The summed E-state index contributed by atoms with van der Waals surface area (Å²) in [5.41, 5.74) is 2.69. The van der Waals surface area contributed by atoms with E-state index in [0.29, 0.717) is 0 Å². The molecule has 0 atom stereocenters. The molecule has 0 aromatic heterocycles. The van der Waals surface area contributed by atoms with Crippen molar-refractivity contribution in [2.24, 2.45) is 0 Å². The summed E-state index contributed by atoms with van der Waals surface area (Å²) >= 11 is 0. The molecular formula is C14H19NO. The Kier molecular flexibility index (Phi) is 4.00. The van der Waals surface area contributed by atoms with Crippen LogP contribution in [0.15, 0.2) is 36.0 Å². The van der Waals surface area contributed by atoms with E-state index in [9.17, 15) is 0 Å². The summed E-state index contributed by atoms with van der Waals surface area (Å²) in [6.07, 6.45) is 3.36. The zero-order chi connectivity index (χ0) is 11.2. The number of hydrogen-bond donors (Lipinski definition) is 0. The largest absolute Gasteiger partial charge is 0.378 e. The molecule has 1 aromatic rings. The van der Waals surface area contributed by atoms with Crippen molar-refractivity contribution in [1.29, 1.82) is 0 Å². The first-order valence-electron chi connectivity index (χ1n) is 5.98. The first-order chi connectivity index (χ1) is 7.90. The standard InChI is InChI=1S/C14H19NO/c1-2-14(15-8-10-16-11-9-15)12-13-6-4-3-5-7-13/h3-7,12H,2,8-11H2,1H3. The summed E-state index contributed by atoms with van der Waals surface area (Å²) in [6, 6.07) is 10.5. The van der Waals surface area contributed by atoms with Crippen molar-refractivity contribution in [3.05, 3.63) is 41.6 Å². The molecule has 0 aliphatic carbocycles. The van der Waals surface area contributed by atoms with Gasteiger partial charge in [-0.25, -0.2) is 0 Å². The van der Waals surface area contributed by atoms with E-state index >= 15 is 0 Å². The predicted molar refractivity (Wildman–Crippen MR) is 67.1 cm³/mol. The van der Waals surface area contributed by atoms with Gasteiger partial charge in [0.05, 0.1) is 13.2 Å². The second kappa shape index (κ2) is 5.71. The molecule has 0 spiro atoms. The highest BCUT2D eigenvalue weighted by Crippen LogP contribution is 2.15. The minimum Gasteiger partial charge on any atom is -0.378 e. The lowest BCUT2D eigenvalue weighted by molar-refractivity contribution is 0.0529. The fourth-order valence-electron chi connectivity index (χ4n) is 2.01. The Balaban J connectivity index is 2.12. The van der Waals surface area contributed by atoms with Crippen molar-refractivity contribution < 1.29 is 4.74 Å². The average Bonchev–Trinajstić information content (AvgIpc) is 2.38. The average molecular weight is 217 g/mol. The number of allylic oxidation sites excluding steroid dienone is 1. The van der Waals surface area contributed by atoms with E-state index in [1.165, 1.54) is 11.3 Å². The van der Waals surface area contributed by atoms with Crippen LogP contribution in [0.5, 0.6) is 0 Å². The van der Waals surface area contributed by atoms with Gasteiger partial charge < -0.3 is 9.64 Å². The number of rotatable bonds is 3. The molecule has 0 N–H and O–H groups in total. The highest BCUT2D eigenvalue weighted by Gasteiger charge is 2.11. The normalized spacial score (nSPS) is 17.6. The maximum absolute atomic E-state index is 5.38. The van der Waals surface area contributed by atoms with Crippen molar-refractivity contribution in [1.82, 2.24) is 4.90 Å². The van der Waals surface area contributed by atoms with E-state index in [1.54, 1.807) is 0 Å². The fraction of sp³-hybridized carbons (Fsp3) is 0.429. The summed E-state index contributed by atoms with van der Waals surface area (Å²) in [6.45, 7) is 5.96. The molecule has 16 heavy (non-hydrogen) atoms. The van der Waals surface area contributed by atoms with Crippen molar-refractivity contribution in [3.8, 4) is 0 Å². The predicted octanol–water partition coefficient (Wildman–Crippen LogP) is 2.77. The Morgan fingerprint density at radius 2 is 1.94 bits per heavy atom. The Morgan fingerprint density at radius 3 is 2.56 bits per heavy atom. The molecule has 1 aliphatic heterocycles. The van der Waals surface area contributed by atoms with Crippen LogP contribution in [-0.4, -0.2) is 31.2 Å². The molecule has 2 heteroatoms. The van der Waals surface area contributed by atoms with Crippen LogP contribution in [0.3, 0.4) is 0 Å². The van der Waals surface area contributed by atoms with Crippen molar-refractivity contribution in [2.45, 2.75) is 13.3 Å². The third-order valence-electron chi connectivity index (χ3n) is 2.91. The molecule has 0 unspecified atom stereocenters. The molecule has 0 bridgehead atoms. The fourth-order valence-corrected chi connectivity index (χ4v) is 2.01. The van der Waals surface area contributed by atoms with E-state index in [1.807, 2.05) is 0 Å². The van der Waals surface area contributed by atoms with Gasteiger partial charge in [0.1, 0.15) is 0 Å². The maximum Gasteiger partial charge on any atom is 0.0642 e. The third-order valence-corrected chi connectivity index (χ3v) is 2.91. The second-order valence-electron chi connectivity index (χ2n) is 4.00. The van der Waals surface area contributed by atoms with Crippen LogP contribution >= 0.6 is 0 Å². The van der Waals surface area contributed by atoms with Crippen molar-refractivity contribution in [3.63, 3.8) is 0 Å².